The van der Waals surface area contributed by atoms with E-state index in [1.54, 1.807) is 0 Å². The maximum absolute atomic E-state index is 12.7. The van der Waals surface area contributed by atoms with Gasteiger partial charge in [-0.3, -0.25) is 4.79 Å². The number of rotatable bonds is 4. The van der Waals surface area contributed by atoms with Crippen molar-refractivity contribution >= 4 is 21.7 Å². The lowest BCUT2D eigenvalue weighted by molar-refractivity contribution is 0.0819. The predicted octanol–water partition coefficient (Wildman–Crippen LogP) is 4.61. The van der Waals surface area contributed by atoms with Crippen molar-refractivity contribution in [3.63, 3.8) is 0 Å². The zero-order valence-corrected chi connectivity index (χ0v) is 12.5. The molecule has 0 saturated heterocycles. The van der Waals surface area contributed by atoms with E-state index in [2.05, 4.69) is 22.9 Å². The molecule has 0 radical (unpaired) electrons. The van der Waals surface area contributed by atoms with Crippen LogP contribution in [0.4, 0.5) is 0 Å². The Bertz CT molecular complexity index is 448. The van der Waals surface area contributed by atoms with Gasteiger partial charge in [0.05, 0.1) is 12.2 Å². The maximum atomic E-state index is 12.7. The first-order valence-corrected chi connectivity index (χ1v) is 7.33. The molecule has 0 N–H and O–H groups in total. The van der Waals surface area contributed by atoms with Crippen LogP contribution in [0.25, 0.3) is 0 Å². The number of ether oxygens (including phenoxy) is 1. The number of hydrogen-bond acceptors (Lipinski definition) is 2. The molecule has 0 atom stereocenters. The summed E-state index contributed by atoms with van der Waals surface area (Å²) in [5, 5.41) is 0. The highest BCUT2D eigenvalue weighted by molar-refractivity contribution is 9.10. The Hall–Kier alpha value is -0.830. The second kappa shape index (κ2) is 5.43. The van der Waals surface area contributed by atoms with E-state index in [1.807, 2.05) is 25.1 Å². The van der Waals surface area contributed by atoms with E-state index in [1.165, 1.54) is 0 Å². The Morgan fingerprint density at radius 1 is 1.39 bits per heavy atom. The summed E-state index contributed by atoms with van der Waals surface area (Å²) < 4.78 is 6.50. The van der Waals surface area contributed by atoms with Crippen molar-refractivity contribution in [2.75, 3.05) is 6.61 Å². The fraction of sp³-hybridized carbons (Fsp3) is 0.533. The first-order valence-electron chi connectivity index (χ1n) is 6.54. The van der Waals surface area contributed by atoms with Crippen LogP contribution in [0.1, 0.15) is 49.9 Å². The van der Waals surface area contributed by atoms with Gasteiger partial charge in [-0.05, 0) is 38.0 Å². The van der Waals surface area contributed by atoms with Crippen LogP contribution in [0.5, 0.6) is 5.75 Å². The van der Waals surface area contributed by atoms with E-state index >= 15 is 0 Å². The molecule has 1 aliphatic rings. The summed E-state index contributed by atoms with van der Waals surface area (Å²) >= 11 is 3.43. The second-order valence-electron chi connectivity index (χ2n) is 5.17. The average molecular weight is 311 g/mol. The normalized spacial score (nSPS) is 17.7. The van der Waals surface area contributed by atoms with Gasteiger partial charge in [0, 0.05) is 9.89 Å². The first-order chi connectivity index (χ1) is 8.57. The molecule has 3 heteroatoms. The predicted molar refractivity (Wildman–Crippen MR) is 76.2 cm³/mol. The van der Waals surface area contributed by atoms with Crippen LogP contribution in [0, 0.1) is 5.41 Å². The molecule has 0 bridgehead atoms. The summed E-state index contributed by atoms with van der Waals surface area (Å²) in [6.45, 7) is 4.60. The molecule has 1 aromatic rings. The van der Waals surface area contributed by atoms with E-state index < -0.39 is 0 Å². The maximum Gasteiger partial charge on any atom is 0.172 e. The van der Waals surface area contributed by atoms with Crippen molar-refractivity contribution in [1.29, 1.82) is 0 Å². The highest BCUT2D eigenvalue weighted by atomic mass is 79.9. The Morgan fingerprint density at radius 2 is 2.06 bits per heavy atom. The van der Waals surface area contributed by atoms with Crippen LogP contribution >= 0.6 is 15.9 Å². The summed E-state index contributed by atoms with van der Waals surface area (Å²) in [5.41, 5.74) is 0.516. The molecule has 2 nitrogen and oxygen atoms in total. The van der Waals surface area contributed by atoms with Gasteiger partial charge in [0.1, 0.15) is 5.75 Å². The fourth-order valence-corrected chi connectivity index (χ4v) is 3.03. The van der Waals surface area contributed by atoms with Gasteiger partial charge in [-0.25, -0.2) is 0 Å². The van der Waals surface area contributed by atoms with Crippen molar-refractivity contribution in [3.05, 3.63) is 28.2 Å². The van der Waals surface area contributed by atoms with E-state index in [4.69, 9.17) is 4.74 Å². The van der Waals surface area contributed by atoms with Gasteiger partial charge in [-0.2, -0.15) is 0 Å². The molecule has 2 rings (SSSR count). The average Bonchev–Trinajstić information content (AvgIpc) is 2.79. The van der Waals surface area contributed by atoms with Gasteiger partial charge in [-0.1, -0.05) is 35.7 Å². The molecule has 18 heavy (non-hydrogen) atoms. The van der Waals surface area contributed by atoms with Gasteiger partial charge >= 0.3 is 0 Å². The molecule has 0 unspecified atom stereocenters. The van der Waals surface area contributed by atoms with E-state index in [0.717, 1.165) is 35.7 Å². The Kier molecular flexibility index (Phi) is 4.10. The van der Waals surface area contributed by atoms with Crippen molar-refractivity contribution < 1.29 is 9.53 Å². The minimum absolute atomic E-state index is 0.202. The van der Waals surface area contributed by atoms with Crippen molar-refractivity contribution in [2.45, 2.75) is 39.5 Å². The van der Waals surface area contributed by atoms with Crippen LogP contribution in [0.15, 0.2) is 22.7 Å². The number of halogens is 1. The van der Waals surface area contributed by atoms with Crippen LogP contribution in [-0.4, -0.2) is 12.4 Å². The number of carbonyl (C=O) groups excluding carboxylic acids is 1. The Labute approximate surface area is 117 Å². The lowest BCUT2D eigenvalue weighted by Gasteiger charge is -2.23. The minimum atomic E-state index is -0.202. The lowest BCUT2D eigenvalue weighted by atomic mass is 9.80. The van der Waals surface area contributed by atoms with Crippen LogP contribution in [0.3, 0.4) is 0 Å². The number of Topliss-reactive ketones (excluding diaryl/α,β-unsaturated/α-hetero) is 1. The smallest absolute Gasteiger partial charge is 0.172 e. The van der Waals surface area contributed by atoms with Crippen LogP contribution < -0.4 is 4.74 Å². The zero-order valence-electron chi connectivity index (χ0n) is 11.0. The number of hydrogen-bond donors (Lipinski definition) is 0. The fourth-order valence-electron chi connectivity index (χ4n) is 2.67. The quantitative estimate of drug-likeness (QED) is 0.759. The second-order valence-corrected chi connectivity index (χ2v) is 6.09. The highest BCUT2D eigenvalue weighted by Gasteiger charge is 2.37. The van der Waals surface area contributed by atoms with Gasteiger partial charge in [0.2, 0.25) is 0 Å². The number of ketones is 1. The summed E-state index contributed by atoms with van der Waals surface area (Å²) in [6.07, 6.45) is 4.29. The molecule has 1 fully saturated rings. The first kappa shape index (κ1) is 13.6. The monoisotopic (exact) mass is 310 g/mol. The molecular weight excluding hydrogens is 292 g/mol. The van der Waals surface area contributed by atoms with Crippen LogP contribution in [-0.2, 0) is 0 Å². The Morgan fingerprint density at radius 3 is 2.67 bits per heavy atom. The molecule has 0 amide bonds. The molecule has 0 spiro atoms. The third-order valence-corrected chi connectivity index (χ3v) is 4.23. The molecule has 1 saturated carbocycles. The van der Waals surface area contributed by atoms with E-state index in [-0.39, 0.29) is 11.2 Å². The molecular formula is C15H19BrO2. The van der Waals surface area contributed by atoms with Crippen LogP contribution in [0.2, 0.25) is 0 Å². The van der Waals surface area contributed by atoms with Gasteiger partial charge in [0.25, 0.3) is 0 Å². The van der Waals surface area contributed by atoms with Crippen molar-refractivity contribution in [3.8, 4) is 5.75 Å². The van der Waals surface area contributed by atoms with E-state index in [0.29, 0.717) is 12.4 Å². The SMILES string of the molecule is CCOc1ccc(Br)cc1C(=O)C1(C)CCCC1. The lowest BCUT2D eigenvalue weighted by Crippen LogP contribution is -2.25. The van der Waals surface area contributed by atoms with E-state index in [9.17, 15) is 4.79 Å². The topological polar surface area (TPSA) is 26.3 Å². The van der Waals surface area contributed by atoms with Gasteiger partial charge < -0.3 is 4.74 Å². The summed E-state index contributed by atoms with van der Waals surface area (Å²) in [7, 11) is 0. The standard InChI is InChI=1S/C15H19BrO2/c1-3-18-13-7-6-11(16)10-12(13)14(17)15(2)8-4-5-9-15/h6-7,10H,3-5,8-9H2,1-2H3. The molecule has 98 valence electrons. The molecule has 0 aromatic heterocycles. The summed E-state index contributed by atoms with van der Waals surface area (Å²) in [6, 6.07) is 5.68. The largest absolute Gasteiger partial charge is 0.493 e. The molecule has 1 aliphatic carbocycles. The van der Waals surface area contributed by atoms with Crippen molar-refractivity contribution in [1.82, 2.24) is 0 Å². The molecule has 0 aliphatic heterocycles. The minimum Gasteiger partial charge on any atom is -0.493 e. The summed E-state index contributed by atoms with van der Waals surface area (Å²) in [5.74, 6) is 0.934. The van der Waals surface area contributed by atoms with Gasteiger partial charge in [-0.15, -0.1) is 0 Å². The summed E-state index contributed by atoms with van der Waals surface area (Å²) in [4.78, 5) is 12.7. The van der Waals surface area contributed by atoms with Gasteiger partial charge in [0.15, 0.2) is 5.78 Å². The van der Waals surface area contributed by atoms with Crippen molar-refractivity contribution in [2.24, 2.45) is 5.41 Å². The highest BCUT2D eigenvalue weighted by Crippen LogP contribution is 2.42. The molecule has 1 aromatic carbocycles. The Balaban J connectivity index is 2.36. The zero-order chi connectivity index (χ0) is 13.2. The number of benzene rings is 1. The third-order valence-electron chi connectivity index (χ3n) is 3.74. The molecule has 0 heterocycles. The third kappa shape index (κ3) is 2.61. The number of carbonyl (C=O) groups is 1.